The molecule has 21 heavy (non-hydrogen) atoms. The van der Waals surface area contributed by atoms with Crippen LogP contribution in [0.2, 0.25) is 10.0 Å². The molecule has 0 spiro atoms. The first-order valence-corrected chi connectivity index (χ1v) is 6.60. The maximum absolute atomic E-state index is 5.94. The maximum atomic E-state index is 5.94. The number of nitrogens with two attached hydrogens (primary N) is 1. The van der Waals surface area contributed by atoms with Crippen molar-refractivity contribution < 1.29 is 0 Å². The summed E-state index contributed by atoms with van der Waals surface area (Å²) in [7, 11) is 0. The molecule has 106 valence electrons. The predicted molar refractivity (Wildman–Crippen MR) is 81.1 cm³/mol. The van der Waals surface area contributed by atoms with Gasteiger partial charge in [0.15, 0.2) is 0 Å². The molecule has 0 fully saturated rings. The van der Waals surface area contributed by atoms with Crippen LogP contribution in [0.1, 0.15) is 0 Å². The van der Waals surface area contributed by atoms with Crippen LogP contribution in [0.3, 0.4) is 0 Å². The summed E-state index contributed by atoms with van der Waals surface area (Å²) in [5, 5.41) is 8.02. The first-order valence-electron chi connectivity index (χ1n) is 5.85. The molecule has 3 rings (SSSR count). The van der Waals surface area contributed by atoms with Gasteiger partial charge in [-0.3, -0.25) is 0 Å². The van der Waals surface area contributed by atoms with Crippen LogP contribution in [0.5, 0.6) is 0 Å². The van der Waals surface area contributed by atoms with Crippen molar-refractivity contribution in [2.45, 2.75) is 0 Å². The topological polar surface area (TPSA) is 94.5 Å². The summed E-state index contributed by atoms with van der Waals surface area (Å²) in [4.78, 5) is 12.3. The lowest BCUT2D eigenvalue weighted by Crippen LogP contribution is -2.09. The van der Waals surface area contributed by atoms with Gasteiger partial charge in [0.25, 0.3) is 5.95 Å². The molecule has 0 amide bonds. The summed E-state index contributed by atoms with van der Waals surface area (Å²) >= 11 is 11.9. The molecule has 0 aliphatic heterocycles. The highest BCUT2D eigenvalue weighted by atomic mass is 35.5. The van der Waals surface area contributed by atoms with Gasteiger partial charge in [-0.2, -0.15) is 20.1 Å². The lowest BCUT2D eigenvalue weighted by atomic mass is 10.3. The SMILES string of the molecule is Nc1nc(Nc2cc(Cl)cc(Cl)c2)nc(-n2cccn2)n1. The van der Waals surface area contributed by atoms with Gasteiger partial charge < -0.3 is 11.1 Å². The van der Waals surface area contributed by atoms with Gasteiger partial charge in [-0.05, 0) is 24.3 Å². The molecule has 0 unspecified atom stereocenters. The normalized spacial score (nSPS) is 10.6. The fraction of sp³-hybridized carbons (Fsp3) is 0. The second kappa shape index (κ2) is 5.55. The van der Waals surface area contributed by atoms with Crippen molar-refractivity contribution >= 4 is 40.8 Å². The Bertz CT molecular complexity index is 753. The number of anilines is 3. The van der Waals surface area contributed by atoms with E-state index in [-0.39, 0.29) is 11.9 Å². The molecule has 1 aromatic carbocycles. The van der Waals surface area contributed by atoms with Gasteiger partial charge in [0.05, 0.1) is 0 Å². The number of hydrogen-bond donors (Lipinski definition) is 2. The van der Waals surface area contributed by atoms with Crippen molar-refractivity contribution in [1.82, 2.24) is 24.7 Å². The molecule has 0 saturated heterocycles. The standard InChI is InChI=1S/C12H9Cl2N7/c13-7-4-8(14)6-9(5-7)17-11-18-10(15)19-12(20-11)21-3-1-2-16-21/h1-6H,(H3,15,17,18,19,20). The van der Waals surface area contributed by atoms with E-state index in [0.717, 1.165) is 0 Å². The summed E-state index contributed by atoms with van der Waals surface area (Å²) in [6, 6.07) is 6.77. The summed E-state index contributed by atoms with van der Waals surface area (Å²) < 4.78 is 1.48. The van der Waals surface area contributed by atoms with E-state index < -0.39 is 0 Å². The molecule has 2 heterocycles. The van der Waals surface area contributed by atoms with E-state index in [1.54, 1.807) is 36.7 Å². The van der Waals surface area contributed by atoms with E-state index in [4.69, 9.17) is 28.9 Å². The molecule has 0 radical (unpaired) electrons. The van der Waals surface area contributed by atoms with Gasteiger partial charge in [-0.25, -0.2) is 4.68 Å². The van der Waals surface area contributed by atoms with Gasteiger partial charge in [0.2, 0.25) is 11.9 Å². The number of benzene rings is 1. The summed E-state index contributed by atoms with van der Waals surface area (Å²) in [6.45, 7) is 0. The molecule has 7 nitrogen and oxygen atoms in total. The number of aromatic nitrogens is 5. The van der Waals surface area contributed by atoms with Crippen LogP contribution >= 0.6 is 23.2 Å². The molecule has 3 N–H and O–H groups in total. The monoisotopic (exact) mass is 321 g/mol. The van der Waals surface area contributed by atoms with Gasteiger partial charge in [0, 0.05) is 28.1 Å². The number of nitrogens with zero attached hydrogens (tertiary/aromatic N) is 5. The Morgan fingerprint density at radius 2 is 1.81 bits per heavy atom. The Hall–Kier alpha value is -2.38. The molecule has 0 bridgehead atoms. The largest absolute Gasteiger partial charge is 0.368 e. The third kappa shape index (κ3) is 3.21. The Kier molecular flexibility index (Phi) is 3.59. The Morgan fingerprint density at radius 3 is 2.48 bits per heavy atom. The average molecular weight is 322 g/mol. The average Bonchev–Trinajstić information content (AvgIpc) is 2.90. The fourth-order valence-corrected chi connectivity index (χ4v) is 2.21. The molecule has 3 aromatic rings. The Balaban J connectivity index is 1.95. The van der Waals surface area contributed by atoms with Gasteiger partial charge >= 0.3 is 0 Å². The minimum absolute atomic E-state index is 0.0751. The zero-order valence-corrected chi connectivity index (χ0v) is 12.0. The number of hydrogen-bond acceptors (Lipinski definition) is 6. The predicted octanol–water partition coefficient (Wildman–Crippen LogP) is 2.69. The number of rotatable bonds is 3. The summed E-state index contributed by atoms with van der Waals surface area (Å²) in [5.74, 6) is 0.653. The summed E-state index contributed by atoms with van der Waals surface area (Å²) in [6.07, 6.45) is 3.32. The third-order valence-electron chi connectivity index (χ3n) is 2.47. The second-order valence-electron chi connectivity index (χ2n) is 4.05. The van der Waals surface area contributed by atoms with Gasteiger partial charge in [-0.15, -0.1) is 0 Å². The van der Waals surface area contributed by atoms with Crippen molar-refractivity contribution in [3.8, 4) is 5.95 Å². The molecule has 0 aliphatic carbocycles. The second-order valence-corrected chi connectivity index (χ2v) is 4.92. The van der Waals surface area contributed by atoms with E-state index in [1.165, 1.54) is 4.68 Å². The van der Waals surface area contributed by atoms with Crippen LogP contribution in [-0.4, -0.2) is 24.7 Å². The van der Waals surface area contributed by atoms with Gasteiger partial charge in [-0.1, -0.05) is 23.2 Å². The molecular formula is C12H9Cl2N7. The lowest BCUT2D eigenvalue weighted by molar-refractivity contribution is 0.801. The first kappa shape index (κ1) is 13.6. The van der Waals surface area contributed by atoms with Crippen LogP contribution in [0.15, 0.2) is 36.7 Å². The molecular weight excluding hydrogens is 313 g/mol. The minimum atomic E-state index is 0.0751. The van der Waals surface area contributed by atoms with Crippen LogP contribution in [0.4, 0.5) is 17.6 Å². The van der Waals surface area contributed by atoms with Crippen LogP contribution < -0.4 is 11.1 Å². The van der Waals surface area contributed by atoms with Crippen LogP contribution in [0.25, 0.3) is 5.95 Å². The van der Waals surface area contributed by atoms with E-state index >= 15 is 0 Å². The van der Waals surface area contributed by atoms with Crippen molar-refractivity contribution in [2.24, 2.45) is 0 Å². The highest BCUT2D eigenvalue weighted by Crippen LogP contribution is 2.24. The molecule has 0 aliphatic rings. The number of nitrogen functional groups attached to an aromatic ring is 1. The maximum Gasteiger partial charge on any atom is 0.257 e. The van der Waals surface area contributed by atoms with Crippen molar-refractivity contribution in [3.63, 3.8) is 0 Å². The zero-order valence-electron chi connectivity index (χ0n) is 10.5. The molecule has 0 saturated carbocycles. The van der Waals surface area contributed by atoms with Crippen molar-refractivity contribution in [1.29, 1.82) is 0 Å². The Morgan fingerprint density at radius 1 is 1.05 bits per heavy atom. The van der Waals surface area contributed by atoms with Crippen molar-refractivity contribution in [2.75, 3.05) is 11.1 Å². The Labute approximate surface area is 129 Å². The third-order valence-corrected chi connectivity index (χ3v) is 2.91. The molecule has 9 heteroatoms. The van der Waals surface area contributed by atoms with E-state index in [9.17, 15) is 0 Å². The van der Waals surface area contributed by atoms with E-state index in [2.05, 4.69) is 25.4 Å². The van der Waals surface area contributed by atoms with E-state index in [1.807, 2.05) is 0 Å². The first-order chi connectivity index (χ1) is 10.1. The molecule has 0 atom stereocenters. The van der Waals surface area contributed by atoms with Gasteiger partial charge in [0.1, 0.15) is 0 Å². The highest BCUT2D eigenvalue weighted by molar-refractivity contribution is 6.35. The summed E-state index contributed by atoms with van der Waals surface area (Å²) in [5.41, 5.74) is 6.33. The number of nitrogens with one attached hydrogen (secondary N) is 1. The smallest absolute Gasteiger partial charge is 0.257 e. The van der Waals surface area contributed by atoms with Crippen molar-refractivity contribution in [3.05, 3.63) is 46.7 Å². The lowest BCUT2D eigenvalue weighted by Gasteiger charge is -2.08. The van der Waals surface area contributed by atoms with E-state index in [0.29, 0.717) is 21.7 Å². The fourth-order valence-electron chi connectivity index (χ4n) is 1.68. The molecule has 2 aromatic heterocycles. The quantitative estimate of drug-likeness (QED) is 0.770. The highest BCUT2D eigenvalue weighted by Gasteiger charge is 2.07. The number of halogens is 2. The zero-order chi connectivity index (χ0) is 14.8. The van der Waals surface area contributed by atoms with Crippen LogP contribution in [0, 0.1) is 0 Å². The minimum Gasteiger partial charge on any atom is -0.368 e. The van der Waals surface area contributed by atoms with Crippen LogP contribution in [-0.2, 0) is 0 Å².